The highest BCUT2D eigenvalue weighted by Gasteiger charge is 2.40. The molecule has 40 heavy (non-hydrogen) atoms. The zero-order chi connectivity index (χ0) is 28.7. The number of nitrogens with one attached hydrogen (secondary N) is 1. The lowest BCUT2D eigenvalue weighted by Gasteiger charge is -2.44. The van der Waals surface area contributed by atoms with E-state index in [-0.39, 0.29) is 35.6 Å². The van der Waals surface area contributed by atoms with E-state index in [1.54, 1.807) is 0 Å². The van der Waals surface area contributed by atoms with E-state index in [2.05, 4.69) is 34.8 Å². The molecule has 12 heteroatoms. The minimum absolute atomic E-state index is 0.0118. The second-order valence-corrected chi connectivity index (χ2v) is 17.3. The quantitative estimate of drug-likeness (QED) is 0.196. The van der Waals surface area contributed by atoms with Crippen LogP contribution >= 0.6 is 0 Å². The SMILES string of the molecule is C[C@@H]1CN([C@H]2COc3ccccc3[C@@H]2Nc2c(F)ccc3c2nc(C(F)(F)F)n3COCC[Si](C)(C)C)CCO1. The van der Waals surface area contributed by atoms with Gasteiger partial charge in [0.15, 0.2) is 0 Å². The molecule has 2 aromatic carbocycles. The first-order valence-electron chi connectivity index (χ1n) is 13.6. The van der Waals surface area contributed by atoms with Gasteiger partial charge in [-0.3, -0.25) is 9.47 Å². The number of hydrogen-bond donors (Lipinski definition) is 1. The Morgan fingerprint density at radius 1 is 1.15 bits per heavy atom. The van der Waals surface area contributed by atoms with Gasteiger partial charge in [0.25, 0.3) is 0 Å². The fraction of sp³-hybridized carbons (Fsp3) is 0.536. The molecule has 0 unspecified atom stereocenters. The largest absolute Gasteiger partial charge is 0.491 e. The molecule has 0 aliphatic carbocycles. The minimum Gasteiger partial charge on any atom is -0.491 e. The standard InChI is InChI=1S/C28H36F4N4O3Si/c1-18-15-35(11-12-38-18)22-16-39-23-8-6-5-7-19(23)24(22)33-25-20(29)9-10-21-26(25)34-27(28(30,31)32)36(21)17-37-13-14-40(2,3)4/h5-10,18,22,24,33H,11-17H2,1-4H3/t18-,22+,24+/m1/s1. The predicted octanol–water partition coefficient (Wildman–Crippen LogP) is 6.14. The molecule has 1 fully saturated rings. The van der Waals surface area contributed by atoms with Gasteiger partial charge < -0.3 is 19.5 Å². The number of fused-ring (bicyclic) bond motifs is 2. The molecular weight excluding hydrogens is 544 g/mol. The Balaban J connectivity index is 1.53. The number of alkyl halides is 3. The van der Waals surface area contributed by atoms with E-state index in [9.17, 15) is 13.2 Å². The Hall–Kier alpha value is -2.67. The number of halogens is 4. The van der Waals surface area contributed by atoms with Crippen LogP contribution in [0.1, 0.15) is 24.4 Å². The molecule has 7 nitrogen and oxygen atoms in total. The first kappa shape index (κ1) is 28.8. The van der Waals surface area contributed by atoms with Crippen LogP contribution < -0.4 is 10.1 Å². The van der Waals surface area contributed by atoms with E-state index in [1.165, 1.54) is 12.1 Å². The lowest BCUT2D eigenvalue weighted by Crippen LogP contribution is -2.54. The van der Waals surface area contributed by atoms with Crippen molar-refractivity contribution in [3.63, 3.8) is 0 Å². The van der Waals surface area contributed by atoms with Crippen molar-refractivity contribution in [1.82, 2.24) is 14.5 Å². The second-order valence-electron chi connectivity index (χ2n) is 11.7. The fourth-order valence-corrected chi connectivity index (χ4v) is 6.08. The van der Waals surface area contributed by atoms with Crippen LogP contribution in [0.5, 0.6) is 5.75 Å². The van der Waals surface area contributed by atoms with Crippen molar-refractivity contribution in [2.45, 2.75) is 63.7 Å². The fourth-order valence-electron chi connectivity index (χ4n) is 5.33. The van der Waals surface area contributed by atoms with Crippen molar-refractivity contribution in [1.29, 1.82) is 0 Å². The molecule has 5 rings (SSSR count). The summed E-state index contributed by atoms with van der Waals surface area (Å²) in [6.07, 6.45) is -4.73. The molecule has 0 radical (unpaired) electrons. The Bertz CT molecular complexity index is 1340. The molecule has 1 aromatic heterocycles. The van der Waals surface area contributed by atoms with Gasteiger partial charge in [0.05, 0.1) is 36.0 Å². The first-order valence-corrected chi connectivity index (χ1v) is 17.3. The summed E-state index contributed by atoms with van der Waals surface area (Å²) in [6.45, 7) is 10.7. The van der Waals surface area contributed by atoms with Crippen LogP contribution in [0.15, 0.2) is 36.4 Å². The Labute approximate surface area is 232 Å². The molecule has 3 aromatic rings. The normalized spacial score (nSPS) is 22.2. The number of benzene rings is 2. The number of anilines is 1. The van der Waals surface area contributed by atoms with E-state index in [1.807, 2.05) is 31.2 Å². The summed E-state index contributed by atoms with van der Waals surface area (Å²) in [5.41, 5.74) is 0.802. The Kier molecular flexibility index (Phi) is 8.15. The van der Waals surface area contributed by atoms with Gasteiger partial charge in [-0.25, -0.2) is 9.37 Å². The molecule has 2 aliphatic heterocycles. The van der Waals surface area contributed by atoms with Crippen molar-refractivity contribution < 1.29 is 31.8 Å². The van der Waals surface area contributed by atoms with Crippen molar-refractivity contribution in [2.24, 2.45) is 0 Å². The summed E-state index contributed by atoms with van der Waals surface area (Å²) in [5.74, 6) is -1.14. The van der Waals surface area contributed by atoms with Crippen molar-refractivity contribution >= 4 is 24.8 Å². The molecule has 3 atom stereocenters. The van der Waals surface area contributed by atoms with Gasteiger partial charge in [-0.1, -0.05) is 37.8 Å². The van der Waals surface area contributed by atoms with Crippen LogP contribution in [0.25, 0.3) is 11.0 Å². The van der Waals surface area contributed by atoms with Gasteiger partial charge in [-0.15, -0.1) is 0 Å². The Morgan fingerprint density at radius 3 is 2.65 bits per heavy atom. The van der Waals surface area contributed by atoms with Crippen molar-refractivity contribution in [2.75, 3.05) is 38.2 Å². The Morgan fingerprint density at radius 2 is 1.93 bits per heavy atom. The third kappa shape index (κ3) is 6.14. The van der Waals surface area contributed by atoms with Crippen molar-refractivity contribution in [3.05, 3.63) is 53.6 Å². The second kappa shape index (κ2) is 11.3. The molecular formula is C28H36F4N4O3Si. The van der Waals surface area contributed by atoms with Crippen LogP contribution in [0.2, 0.25) is 25.7 Å². The monoisotopic (exact) mass is 580 g/mol. The highest BCUT2D eigenvalue weighted by Crippen LogP contribution is 2.40. The summed E-state index contributed by atoms with van der Waals surface area (Å²) >= 11 is 0. The van der Waals surface area contributed by atoms with E-state index in [4.69, 9.17) is 14.2 Å². The number of nitrogens with zero attached hydrogens (tertiary/aromatic N) is 3. The highest BCUT2D eigenvalue weighted by molar-refractivity contribution is 6.76. The first-order chi connectivity index (χ1) is 18.9. The number of ether oxygens (including phenoxy) is 3. The molecule has 0 bridgehead atoms. The lowest BCUT2D eigenvalue weighted by molar-refractivity contribution is -0.149. The smallest absolute Gasteiger partial charge is 0.449 e. The summed E-state index contributed by atoms with van der Waals surface area (Å²) in [7, 11) is -1.43. The molecule has 1 saturated heterocycles. The van der Waals surface area contributed by atoms with Crippen molar-refractivity contribution in [3.8, 4) is 5.75 Å². The topological polar surface area (TPSA) is 60.8 Å². The average molecular weight is 581 g/mol. The molecule has 0 spiro atoms. The predicted molar refractivity (Wildman–Crippen MR) is 148 cm³/mol. The minimum atomic E-state index is -4.74. The third-order valence-electron chi connectivity index (χ3n) is 7.43. The van der Waals surface area contributed by atoms with E-state index < -0.39 is 31.9 Å². The molecule has 0 amide bonds. The van der Waals surface area contributed by atoms with Crippen LogP contribution in [-0.4, -0.2) is 67.6 Å². The molecule has 0 saturated carbocycles. The van der Waals surface area contributed by atoms with Gasteiger partial charge in [0.2, 0.25) is 5.82 Å². The maximum Gasteiger partial charge on any atom is 0.449 e. The van der Waals surface area contributed by atoms with Gasteiger partial charge in [-0.05, 0) is 31.2 Å². The number of imidazole rings is 1. The van der Waals surface area contributed by atoms with Gasteiger partial charge >= 0.3 is 6.18 Å². The van der Waals surface area contributed by atoms with Crippen LogP contribution in [-0.2, 0) is 22.4 Å². The number of hydrogen-bond acceptors (Lipinski definition) is 6. The van der Waals surface area contributed by atoms with E-state index in [0.717, 1.165) is 16.2 Å². The number of morpholine rings is 1. The number of rotatable bonds is 8. The molecule has 1 N–H and O–H groups in total. The third-order valence-corrected chi connectivity index (χ3v) is 9.13. The zero-order valence-corrected chi connectivity index (χ0v) is 24.2. The van der Waals surface area contributed by atoms with Crippen LogP contribution in [0.4, 0.5) is 23.2 Å². The molecule has 3 heterocycles. The summed E-state index contributed by atoms with van der Waals surface area (Å²) in [5, 5.41) is 3.27. The molecule has 218 valence electrons. The maximum atomic E-state index is 15.5. The molecule has 2 aliphatic rings. The summed E-state index contributed by atoms with van der Waals surface area (Å²) in [4.78, 5) is 6.17. The summed E-state index contributed by atoms with van der Waals surface area (Å²) in [6, 6.07) is 10.1. The van der Waals surface area contributed by atoms with E-state index >= 15 is 4.39 Å². The van der Waals surface area contributed by atoms with Crippen LogP contribution in [0.3, 0.4) is 0 Å². The summed E-state index contributed by atoms with van der Waals surface area (Å²) < 4.78 is 76.3. The van der Waals surface area contributed by atoms with Gasteiger partial charge in [-0.2, -0.15) is 13.2 Å². The average Bonchev–Trinajstić information content (AvgIpc) is 3.27. The zero-order valence-electron chi connectivity index (χ0n) is 23.2. The highest BCUT2D eigenvalue weighted by atomic mass is 28.3. The number of aromatic nitrogens is 2. The lowest BCUT2D eigenvalue weighted by atomic mass is 9.94. The van der Waals surface area contributed by atoms with Crippen LogP contribution in [0, 0.1) is 5.82 Å². The van der Waals surface area contributed by atoms with E-state index in [0.29, 0.717) is 38.7 Å². The number of para-hydroxylation sites is 1. The maximum absolute atomic E-state index is 15.5. The van der Waals surface area contributed by atoms with Gasteiger partial charge in [0, 0.05) is 33.3 Å². The van der Waals surface area contributed by atoms with Gasteiger partial charge in [0.1, 0.15) is 30.4 Å².